The Bertz CT molecular complexity index is 762. The fourth-order valence-electron chi connectivity index (χ4n) is 3.38. The number of β-lactam (4-membered cyclic amide) rings is 1. The van der Waals surface area contributed by atoms with E-state index in [9.17, 15) is 19.8 Å². The first-order valence-corrected chi connectivity index (χ1v) is 7.59. The average Bonchev–Trinajstić information content (AvgIpc) is 2.82. The third-order valence-corrected chi connectivity index (χ3v) is 4.65. The molecule has 3 unspecified atom stereocenters. The number of hydrogen-bond donors (Lipinski definition) is 2. The first-order valence-electron chi connectivity index (χ1n) is 7.18. The maximum Gasteiger partial charge on any atom is 1.00 e. The zero-order valence-electron chi connectivity index (χ0n) is 13.4. The molecule has 2 aliphatic heterocycles. The van der Waals surface area contributed by atoms with Crippen molar-refractivity contribution in [3.63, 3.8) is 0 Å². The monoisotopic (exact) mass is 354 g/mol. The minimum atomic E-state index is -1.40. The Morgan fingerprint density at radius 2 is 2.17 bits per heavy atom. The van der Waals surface area contributed by atoms with Gasteiger partial charge < -0.3 is 25.6 Å². The topological polar surface area (TPSA) is 107 Å². The smallest absolute Gasteiger partial charge is 0.543 e. The molecule has 1 saturated heterocycles. The summed E-state index contributed by atoms with van der Waals surface area (Å²) in [4.78, 5) is 25.1. The number of carbonyl (C=O) groups is 2. The van der Waals surface area contributed by atoms with Gasteiger partial charge in [0.1, 0.15) is 4.99 Å². The third-order valence-electron chi connectivity index (χ3n) is 4.42. The van der Waals surface area contributed by atoms with Gasteiger partial charge in [-0.05, 0) is 30.5 Å². The number of nitrogens with two attached hydrogens (primary N) is 1. The van der Waals surface area contributed by atoms with Crippen molar-refractivity contribution in [2.24, 2.45) is 11.7 Å². The SMILES string of the molecule is CC(O)C1C(=O)N2C(C(=O)[O-])=C(c3cccc(C(N)=S)c3)CC12.[Na+]. The molecule has 0 aromatic heterocycles. The molecule has 1 aromatic carbocycles. The van der Waals surface area contributed by atoms with Crippen LogP contribution in [0.25, 0.3) is 5.57 Å². The maximum atomic E-state index is 12.2. The minimum absolute atomic E-state index is 0. The van der Waals surface area contributed by atoms with Crippen molar-refractivity contribution in [1.82, 2.24) is 4.90 Å². The molecule has 8 heteroatoms. The van der Waals surface area contributed by atoms with Crippen LogP contribution in [0.3, 0.4) is 0 Å². The van der Waals surface area contributed by atoms with E-state index in [1.807, 2.05) is 0 Å². The number of rotatable bonds is 4. The van der Waals surface area contributed by atoms with E-state index >= 15 is 0 Å². The molecule has 0 radical (unpaired) electrons. The van der Waals surface area contributed by atoms with Crippen molar-refractivity contribution < 1.29 is 49.4 Å². The van der Waals surface area contributed by atoms with Gasteiger partial charge in [-0.2, -0.15) is 0 Å². The summed E-state index contributed by atoms with van der Waals surface area (Å²) in [5, 5.41) is 21.3. The second-order valence-electron chi connectivity index (χ2n) is 5.81. The van der Waals surface area contributed by atoms with Crippen LogP contribution in [0, 0.1) is 5.92 Å². The van der Waals surface area contributed by atoms with Crippen molar-refractivity contribution in [2.45, 2.75) is 25.5 Å². The van der Waals surface area contributed by atoms with E-state index in [4.69, 9.17) is 18.0 Å². The molecule has 120 valence electrons. The predicted molar refractivity (Wildman–Crippen MR) is 84.7 cm³/mol. The van der Waals surface area contributed by atoms with Crippen molar-refractivity contribution in [2.75, 3.05) is 0 Å². The van der Waals surface area contributed by atoms with Crippen LogP contribution >= 0.6 is 12.2 Å². The number of nitrogens with zero attached hydrogens (tertiary/aromatic N) is 1. The second-order valence-corrected chi connectivity index (χ2v) is 6.25. The van der Waals surface area contributed by atoms with Crippen LogP contribution in [0.15, 0.2) is 30.0 Å². The van der Waals surface area contributed by atoms with Gasteiger partial charge in [0.25, 0.3) is 0 Å². The van der Waals surface area contributed by atoms with Crippen LogP contribution in [0.5, 0.6) is 0 Å². The van der Waals surface area contributed by atoms with Gasteiger partial charge in [-0.15, -0.1) is 0 Å². The van der Waals surface area contributed by atoms with E-state index in [1.54, 1.807) is 24.3 Å². The van der Waals surface area contributed by atoms with Gasteiger partial charge >= 0.3 is 29.6 Å². The Kier molecular flexibility index (Phi) is 5.51. The molecule has 1 amide bonds. The summed E-state index contributed by atoms with van der Waals surface area (Å²) in [5.41, 5.74) is 7.25. The number of hydrogen-bond acceptors (Lipinski definition) is 5. The van der Waals surface area contributed by atoms with Crippen molar-refractivity contribution in [3.8, 4) is 0 Å². The van der Waals surface area contributed by atoms with Gasteiger partial charge in [0.15, 0.2) is 0 Å². The zero-order chi connectivity index (χ0) is 16.9. The minimum Gasteiger partial charge on any atom is -0.543 e. The third kappa shape index (κ3) is 2.91. The van der Waals surface area contributed by atoms with Crippen molar-refractivity contribution >= 4 is 34.7 Å². The molecule has 0 bridgehead atoms. The largest absolute Gasteiger partial charge is 1.00 e. The Balaban J connectivity index is 0.00000208. The number of benzene rings is 1. The van der Waals surface area contributed by atoms with E-state index < -0.39 is 18.0 Å². The van der Waals surface area contributed by atoms with Gasteiger partial charge in [0.05, 0.1) is 29.7 Å². The molecule has 1 aromatic rings. The summed E-state index contributed by atoms with van der Waals surface area (Å²) >= 11 is 4.94. The number of aliphatic carboxylic acids is 1. The Labute approximate surface area is 166 Å². The summed E-state index contributed by atoms with van der Waals surface area (Å²) in [5.74, 6) is -2.37. The van der Waals surface area contributed by atoms with Crippen LogP contribution < -0.4 is 40.4 Å². The van der Waals surface area contributed by atoms with E-state index in [0.717, 1.165) is 0 Å². The molecule has 2 aliphatic rings. The van der Waals surface area contributed by atoms with Crippen molar-refractivity contribution in [1.29, 1.82) is 0 Å². The number of carbonyl (C=O) groups excluding carboxylic acids is 2. The van der Waals surface area contributed by atoms with Gasteiger partial charge in [-0.25, -0.2) is 0 Å². The first-order chi connectivity index (χ1) is 10.8. The zero-order valence-corrected chi connectivity index (χ0v) is 16.2. The summed E-state index contributed by atoms with van der Waals surface area (Å²) < 4.78 is 0. The number of aliphatic hydroxyl groups is 1. The van der Waals surface area contributed by atoms with Crippen LogP contribution in [0.4, 0.5) is 0 Å². The summed E-state index contributed by atoms with van der Waals surface area (Å²) in [6.07, 6.45) is -0.472. The molecule has 0 aliphatic carbocycles. The average molecular weight is 354 g/mol. The van der Waals surface area contributed by atoms with E-state index in [1.165, 1.54) is 11.8 Å². The van der Waals surface area contributed by atoms with E-state index in [-0.39, 0.29) is 52.2 Å². The molecular weight excluding hydrogens is 339 g/mol. The molecule has 0 spiro atoms. The van der Waals surface area contributed by atoms with Gasteiger partial charge in [-0.3, -0.25) is 4.79 Å². The number of carboxylic acid groups (broad SMARTS) is 1. The Morgan fingerprint density at radius 3 is 2.71 bits per heavy atom. The molecule has 3 rings (SSSR count). The normalized spacial score (nSPS) is 23.2. The second kappa shape index (κ2) is 6.93. The molecule has 3 atom stereocenters. The number of carboxylic acids is 1. The number of fused-ring (bicyclic) bond motifs is 1. The van der Waals surface area contributed by atoms with Crippen molar-refractivity contribution in [3.05, 3.63) is 41.1 Å². The van der Waals surface area contributed by atoms with Gasteiger partial charge in [0, 0.05) is 5.56 Å². The van der Waals surface area contributed by atoms with Crippen LogP contribution in [0.1, 0.15) is 24.5 Å². The van der Waals surface area contributed by atoms with Crippen LogP contribution in [0.2, 0.25) is 0 Å². The number of amides is 1. The summed E-state index contributed by atoms with van der Waals surface area (Å²) in [7, 11) is 0. The number of aliphatic hydroxyl groups excluding tert-OH is 1. The first kappa shape index (κ1) is 19.1. The summed E-state index contributed by atoms with van der Waals surface area (Å²) in [6, 6.07) is 6.56. The van der Waals surface area contributed by atoms with E-state index in [0.29, 0.717) is 23.1 Å². The molecule has 6 nitrogen and oxygen atoms in total. The molecule has 24 heavy (non-hydrogen) atoms. The summed E-state index contributed by atoms with van der Waals surface area (Å²) in [6.45, 7) is 1.53. The number of thiocarbonyl (C=S) groups is 1. The molecule has 2 heterocycles. The molecule has 0 saturated carbocycles. The van der Waals surface area contributed by atoms with Gasteiger partial charge in [-0.1, -0.05) is 30.4 Å². The van der Waals surface area contributed by atoms with Gasteiger partial charge in [0.2, 0.25) is 5.91 Å². The molecule has 1 fully saturated rings. The fraction of sp³-hybridized carbons (Fsp3) is 0.312. The van der Waals surface area contributed by atoms with Crippen LogP contribution in [-0.2, 0) is 9.59 Å². The molecular formula is C16H15N2NaO4S. The molecule has 3 N–H and O–H groups in total. The Morgan fingerprint density at radius 1 is 1.50 bits per heavy atom. The maximum absolute atomic E-state index is 12.2. The quantitative estimate of drug-likeness (QED) is 0.329. The Hall–Kier alpha value is -1.25. The standard InChI is InChI=1S/C16H16N2O4S.Na/c1-7(19)12-11-6-10(13(16(21)22)18(11)15(12)20)8-3-2-4-9(5-8)14(17)23;/h2-5,7,11-12,19H,6H2,1H3,(H2,17,23)(H,21,22);/q;+1/p-1. The van der Waals surface area contributed by atoms with E-state index in [2.05, 4.69) is 0 Å². The predicted octanol–water partition coefficient (Wildman–Crippen LogP) is -3.60. The van der Waals surface area contributed by atoms with Crippen LogP contribution in [-0.4, -0.2) is 39.0 Å². The fourth-order valence-corrected chi connectivity index (χ4v) is 3.50.